The maximum absolute atomic E-state index is 14.1. The number of benzene rings is 1. The van der Waals surface area contributed by atoms with Crippen LogP contribution in [0.15, 0.2) is 48.8 Å². The van der Waals surface area contributed by atoms with Crippen molar-refractivity contribution in [1.29, 1.82) is 5.26 Å². The number of pyridine rings is 2. The Morgan fingerprint density at radius 2 is 1.93 bits per heavy atom. The minimum atomic E-state index is -0.796. The molecule has 1 aromatic carbocycles. The minimum Gasteiger partial charge on any atom is -0.450 e. The van der Waals surface area contributed by atoms with E-state index in [1.54, 1.807) is 18.3 Å². The molecule has 2 aromatic heterocycles. The summed E-state index contributed by atoms with van der Waals surface area (Å²) in [4.78, 5) is 8.58. The zero-order chi connectivity index (χ0) is 20.2. The lowest BCUT2D eigenvalue weighted by Crippen LogP contribution is -2.01. The average molecular weight is 392 g/mol. The standard InChI is InChI=1S/C22H18F2N4O/c23-17-6-7-19(18(24)10-17)29-20-9-15(4-3-14-1-2-14)12-27-22(20)28-21-8-5-16(11-25)13-26-21/h5-10,12-14H,1-4H2,(H,26,27,28). The molecule has 1 aliphatic rings. The van der Waals surface area contributed by atoms with Crippen LogP contribution in [0.1, 0.15) is 30.4 Å². The van der Waals surface area contributed by atoms with Gasteiger partial charge in [-0.1, -0.05) is 12.8 Å². The van der Waals surface area contributed by atoms with E-state index in [1.165, 1.54) is 25.1 Å². The number of anilines is 2. The zero-order valence-electron chi connectivity index (χ0n) is 15.5. The molecule has 1 aliphatic carbocycles. The summed E-state index contributed by atoms with van der Waals surface area (Å²) in [5.41, 5.74) is 1.41. The summed E-state index contributed by atoms with van der Waals surface area (Å²) in [5.74, 6) is 0.336. The molecule has 0 radical (unpaired) electrons. The molecule has 146 valence electrons. The van der Waals surface area contributed by atoms with Gasteiger partial charge >= 0.3 is 0 Å². The molecule has 7 heteroatoms. The van der Waals surface area contributed by atoms with Gasteiger partial charge < -0.3 is 10.1 Å². The molecule has 5 nitrogen and oxygen atoms in total. The molecule has 4 rings (SSSR count). The number of hydrogen-bond donors (Lipinski definition) is 1. The first kappa shape index (κ1) is 18.8. The second-order valence-corrected chi connectivity index (χ2v) is 7.02. The van der Waals surface area contributed by atoms with E-state index >= 15 is 0 Å². The molecule has 0 amide bonds. The van der Waals surface area contributed by atoms with Crippen LogP contribution in [0.4, 0.5) is 20.4 Å². The summed E-state index contributed by atoms with van der Waals surface area (Å²) in [7, 11) is 0. The highest BCUT2D eigenvalue weighted by molar-refractivity contribution is 5.61. The molecule has 29 heavy (non-hydrogen) atoms. The van der Waals surface area contributed by atoms with Crippen LogP contribution in [-0.2, 0) is 6.42 Å². The Morgan fingerprint density at radius 3 is 2.62 bits per heavy atom. The normalized spacial score (nSPS) is 13.0. The van der Waals surface area contributed by atoms with Gasteiger partial charge in [0.05, 0.1) is 5.56 Å². The molecule has 0 aliphatic heterocycles. The van der Waals surface area contributed by atoms with Gasteiger partial charge in [-0.25, -0.2) is 18.7 Å². The van der Waals surface area contributed by atoms with E-state index in [9.17, 15) is 8.78 Å². The first-order chi connectivity index (χ1) is 14.1. The van der Waals surface area contributed by atoms with Gasteiger partial charge in [0.1, 0.15) is 17.7 Å². The molecule has 0 unspecified atom stereocenters. The van der Waals surface area contributed by atoms with Crippen molar-refractivity contribution in [3.05, 3.63) is 71.6 Å². The number of aryl methyl sites for hydroxylation is 1. The third kappa shape index (κ3) is 4.85. The number of halogens is 2. The van der Waals surface area contributed by atoms with Crippen LogP contribution in [0, 0.1) is 28.9 Å². The van der Waals surface area contributed by atoms with Gasteiger partial charge in [-0.05, 0) is 54.7 Å². The molecule has 0 spiro atoms. The van der Waals surface area contributed by atoms with Crippen molar-refractivity contribution in [2.45, 2.75) is 25.7 Å². The number of nitrogens with one attached hydrogen (secondary N) is 1. The van der Waals surface area contributed by atoms with Gasteiger partial charge in [0.2, 0.25) is 0 Å². The lowest BCUT2D eigenvalue weighted by atomic mass is 10.1. The summed E-state index contributed by atoms with van der Waals surface area (Å²) in [6.45, 7) is 0. The first-order valence-electron chi connectivity index (χ1n) is 9.36. The third-order valence-electron chi connectivity index (χ3n) is 4.70. The predicted molar refractivity (Wildman–Crippen MR) is 104 cm³/mol. The van der Waals surface area contributed by atoms with Gasteiger partial charge in [0.25, 0.3) is 0 Å². The van der Waals surface area contributed by atoms with E-state index in [-0.39, 0.29) is 5.75 Å². The quantitative estimate of drug-likeness (QED) is 0.574. The smallest absolute Gasteiger partial charge is 0.175 e. The van der Waals surface area contributed by atoms with Crippen LogP contribution < -0.4 is 10.1 Å². The Labute approximate surface area is 167 Å². The monoisotopic (exact) mass is 392 g/mol. The van der Waals surface area contributed by atoms with Crippen molar-refractivity contribution in [2.24, 2.45) is 5.92 Å². The third-order valence-corrected chi connectivity index (χ3v) is 4.70. The van der Waals surface area contributed by atoms with Gasteiger partial charge in [0.15, 0.2) is 23.1 Å². The maximum Gasteiger partial charge on any atom is 0.175 e. The summed E-state index contributed by atoms with van der Waals surface area (Å²) in [6, 6.07) is 10.2. The molecule has 0 bridgehead atoms. The van der Waals surface area contributed by atoms with Gasteiger partial charge in [-0.3, -0.25) is 0 Å². The van der Waals surface area contributed by atoms with Gasteiger partial charge in [-0.15, -0.1) is 0 Å². The zero-order valence-corrected chi connectivity index (χ0v) is 15.5. The van der Waals surface area contributed by atoms with Crippen molar-refractivity contribution in [2.75, 3.05) is 5.32 Å². The number of aromatic nitrogens is 2. The highest BCUT2D eigenvalue weighted by Gasteiger charge is 2.21. The number of rotatable bonds is 7. The first-order valence-corrected chi connectivity index (χ1v) is 9.36. The molecule has 1 saturated carbocycles. The van der Waals surface area contributed by atoms with Crippen LogP contribution in [0.3, 0.4) is 0 Å². The maximum atomic E-state index is 14.1. The molecule has 1 N–H and O–H groups in total. The SMILES string of the molecule is N#Cc1ccc(Nc2ncc(CCC3CC3)cc2Oc2ccc(F)cc2F)nc1. The second-order valence-electron chi connectivity index (χ2n) is 7.02. The highest BCUT2D eigenvalue weighted by Crippen LogP contribution is 2.35. The van der Waals surface area contributed by atoms with Crippen LogP contribution in [0.5, 0.6) is 11.5 Å². The topological polar surface area (TPSA) is 70.8 Å². The Hall–Kier alpha value is -3.53. The fourth-order valence-corrected chi connectivity index (χ4v) is 2.90. The van der Waals surface area contributed by atoms with E-state index in [2.05, 4.69) is 15.3 Å². The molecule has 1 fully saturated rings. The fourth-order valence-electron chi connectivity index (χ4n) is 2.90. The van der Waals surface area contributed by atoms with E-state index in [4.69, 9.17) is 10.00 Å². The fraction of sp³-hybridized carbons (Fsp3) is 0.227. The van der Waals surface area contributed by atoms with Crippen molar-refractivity contribution >= 4 is 11.6 Å². The number of ether oxygens (including phenoxy) is 1. The van der Waals surface area contributed by atoms with Gasteiger partial charge in [-0.2, -0.15) is 5.26 Å². The highest BCUT2D eigenvalue weighted by atomic mass is 19.1. The van der Waals surface area contributed by atoms with E-state index in [1.807, 2.05) is 12.1 Å². The molecule has 2 heterocycles. The summed E-state index contributed by atoms with van der Waals surface area (Å²) in [6.07, 6.45) is 7.66. The number of hydrogen-bond acceptors (Lipinski definition) is 5. The van der Waals surface area contributed by atoms with Crippen molar-refractivity contribution in [1.82, 2.24) is 9.97 Å². The lowest BCUT2D eigenvalue weighted by molar-refractivity contribution is 0.437. The summed E-state index contributed by atoms with van der Waals surface area (Å²) in [5, 5.41) is 11.9. The molecular weight excluding hydrogens is 374 g/mol. The predicted octanol–water partition coefficient (Wildman–Crippen LogP) is 5.50. The van der Waals surface area contributed by atoms with Crippen molar-refractivity contribution in [3.63, 3.8) is 0 Å². The van der Waals surface area contributed by atoms with Crippen LogP contribution >= 0.6 is 0 Å². The molecular formula is C22H18F2N4O. The van der Waals surface area contributed by atoms with E-state index in [0.717, 1.165) is 36.5 Å². The van der Waals surface area contributed by atoms with E-state index in [0.29, 0.717) is 22.9 Å². The van der Waals surface area contributed by atoms with E-state index < -0.39 is 11.6 Å². The van der Waals surface area contributed by atoms with Crippen molar-refractivity contribution < 1.29 is 13.5 Å². The Morgan fingerprint density at radius 1 is 1.07 bits per heavy atom. The Bertz CT molecular complexity index is 1060. The minimum absolute atomic E-state index is 0.0941. The summed E-state index contributed by atoms with van der Waals surface area (Å²) >= 11 is 0. The Kier molecular flexibility index (Phi) is 5.34. The van der Waals surface area contributed by atoms with Crippen molar-refractivity contribution in [3.8, 4) is 17.6 Å². The largest absolute Gasteiger partial charge is 0.450 e. The van der Waals surface area contributed by atoms with Crippen LogP contribution in [0.25, 0.3) is 0 Å². The lowest BCUT2D eigenvalue weighted by Gasteiger charge is -2.14. The average Bonchev–Trinajstić information content (AvgIpc) is 3.55. The van der Waals surface area contributed by atoms with Crippen LogP contribution in [-0.4, -0.2) is 9.97 Å². The molecule has 0 atom stereocenters. The molecule has 0 saturated heterocycles. The second kappa shape index (κ2) is 8.23. The number of nitriles is 1. The summed E-state index contributed by atoms with van der Waals surface area (Å²) < 4.78 is 33.0. The number of nitrogens with zero attached hydrogens (tertiary/aromatic N) is 3. The van der Waals surface area contributed by atoms with Gasteiger partial charge in [0, 0.05) is 18.5 Å². The van der Waals surface area contributed by atoms with Crippen LogP contribution in [0.2, 0.25) is 0 Å². The molecule has 3 aromatic rings. The Balaban J connectivity index is 1.61.